The Labute approximate surface area is 231 Å². The number of nitrogens with one attached hydrogen (secondary N) is 1. The molecule has 1 aromatic carbocycles. The van der Waals surface area contributed by atoms with Gasteiger partial charge in [0.15, 0.2) is 0 Å². The van der Waals surface area contributed by atoms with E-state index in [9.17, 15) is 8.42 Å². The van der Waals surface area contributed by atoms with Gasteiger partial charge in [0.05, 0.1) is 16.6 Å². The Morgan fingerprint density at radius 3 is 2.63 bits per heavy atom. The smallest absolute Gasteiger partial charge is 0.216 e. The number of nitrogen functional groups attached to an aromatic ring is 1. The standard InChI is InChI=1S/C25H30N8O2S3/c1-15(2)38(34,35)32-10-8-17(9-11-32)33-14-19(20-4-3-5-21(29-20)23(26)36)18-7-6-16(12-22(18)33)13-28-25-31-30-24(27)37-25/h3-7,12,14-15,17H,8-11,13H2,1-2H3,(H2,26,36)(H2,27,30)(H,28,31). The van der Waals surface area contributed by atoms with Gasteiger partial charge in [-0.3, -0.25) is 0 Å². The Bertz CT molecular complexity index is 1590. The van der Waals surface area contributed by atoms with Crippen molar-refractivity contribution in [3.63, 3.8) is 0 Å². The van der Waals surface area contributed by atoms with Crippen LogP contribution in [0.1, 0.15) is 44.0 Å². The quantitative estimate of drug-likeness (QED) is 0.270. The maximum absolute atomic E-state index is 12.7. The minimum Gasteiger partial charge on any atom is -0.388 e. The van der Waals surface area contributed by atoms with E-state index in [1.165, 1.54) is 11.3 Å². The van der Waals surface area contributed by atoms with Crippen LogP contribution in [0.3, 0.4) is 0 Å². The van der Waals surface area contributed by atoms with Crippen LogP contribution in [0.4, 0.5) is 10.3 Å². The van der Waals surface area contributed by atoms with Crippen LogP contribution in [0.15, 0.2) is 42.6 Å². The van der Waals surface area contributed by atoms with Crippen molar-refractivity contribution in [3.05, 3.63) is 53.9 Å². The van der Waals surface area contributed by atoms with E-state index in [1.54, 1.807) is 24.2 Å². The summed E-state index contributed by atoms with van der Waals surface area (Å²) in [6, 6.07) is 12.1. The first-order valence-electron chi connectivity index (χ1n) is 12.4. The molecular weight excluding hydrogens is 541 g/mol. The molecule has 0 unspecified atom stereocenters. The minimum absolute atomic E-state index is 0.148. The second-order valence-corrected chi connectivity index (χ2v) is 13.5. The summed E-state index contributed by atoms with van der Waals surface area (Å²) in [5.41, 5.74) is 16.0. The summed E-state index contributed by atoms with van der Waals surface area (Å²) in [7, 11) is -3.27. The highest BCUT2D eigenvalue weighted by Gasteiger charge is 2.31. The van der Waals surface area contributed by atoms with Crippen molar-refractivity contribution in [2.24, 2.45) is 5.73 Å². The third-order valence-electron chi connectivity index (χ3n) is 6.83. The largest absolute Gasteiger partial charge is 0.388 e. The molecule has 0 spiro atoms. The molecule has 5 N–H and O–H groups in total. The van der Waals surface area contributed by atoms with E-state index >= 15 is 0 Å². The number of benzene rings is 1. The van der Waals surface area contributed by atoms with E-state index in [0.29, 0.717) is 35.6 Å². The lowest BCUT2D eigenvalue weighted by Crippen LogP contribution is -2.42. The molecule has 38 heavy (non-hydrogen) atoms. The Hall–Kier alpha value is -3.13. The van der Waals surface area contributed by atoms with Gasteiger partial charge in [-0.15, -0.1) is 10.2 Å². The molecule has 0 aliphatic carbocycles. The van der Waals surface area contributed by atoms with Crippen LogP contribution in [0.2, 0.25) is 0 Å². The SMILES string of the molecule is CC(C)S(=O)(=O)N1CCC(n2cc(-c3cccc(C(N)=S)n3)c3ccc(CNc4nnc(N)s4)cc32)CC1. The first-order chi connectivity index (χ1) is 18.1. The molecule has 5 rings (SSSR count). The number of fused-ring (bicyclic) bond motifs is 1. The molecule has 1 saturated heterocycles. The third-order valence-corrected chi connectivity index (χ3v) is 10.0. The number of nitrogens with zero attached hydrogens (tertiary/aromatic N) is 5. The van der Waals surface area contributed by atoms with Gasteiger partial charge in [-0.2, -0.15) is 0 Å². The van der Waals surface area contributed by atoms with Gasteiger partial charge in [0.2, 0.25) is 20.3 Å². The van der Waals surface area contributed by atoms with Gasteiger partial charge in [0, 0.05) is 48.3 Å². The molecular formula is C25H30N8O2S3. The van der Waals surface area contributed by atoms with Crippen LogP contribution >= 0.6 is 23.6 Å². The summed E-state index contributed by atoms with van der Waals surface area (Å²) in [6.45, 7) is 5.01. The number of anilines is 2. The number of nitrogens with two attached hydrogens (primary N) is 2. The molecule has 1 fully saturated rings. The van der Waals surface area contributed by atoms with Gasteiger partial charge in [0.25, 0.3) is 0 Å². The highest BCUT2D eigenvalue weighted by molar-refractivity contribution is 7.89. The third kappa shape index (κ3) is 5.23. The van der Waals surface area contributed by atoms with Gasteiger partial charge in [0.1, 0.15) is 4.99 Å². The van der Waals surface area contributed by atoms with Crippen molar-refractivity contribution in [1.82, 2.24) is 24.1 Å². The number of rotatable bonds is 8. The summed E-state index contributed by atoms with van der Waals surface area (Å²) in [5.74, 6) is 0. The summed E-state index contributed by atoms with van der Waals surface area (Å²) in [5, 5.41) is 12.9. The predicted octanol–water partition coefficient (Wildman–Crippen LogP) is 3.76. The van der Waals surface area contributed by atoms with Crippen molar-refractivity contribution >= 4 is 59.7 Å². The molecule has 200 valence electrons. The molecule has 0 atom stereocenters. The average molecular weight is 571 g/mol. The highest BCUT2D eigenvalue weighted by Crippen LogP contribution is 2.36. The number of hydrogen-bond acceptors (Lipinski definition) is 9. The zero-order chi connectivity index (χ0) is 27.0. The van der Waals surface area contributed by atoms with Crippen molar-refractivity contribution in [2.75, 3.05) is 24.1 Å². The van der Waals surface area contributed by atoms with Crippen LogP contribution in [0.5, 0.6) is 0 Å². The maximum Gasteiger partial charge on any atom is 0.216 e. The van der Waals surface area contributed by atoms with E-state index in [-0.39, 0.29) is 11.0 Å². The topological polar surface area (TPSA) is 145 Å². The summed E-state index contributed by atoms with van der Waals surface area (Å²) in [4.78, 5) is 4.96. The van der Waals surface area contributed by atoms with E-state index in [1.807, 2.05) is 12.1 Å². The summed E-state index contributed by atoms with van der Waals surface area (Å²) in [6.07, 6.45) is 3.57. The second kappa shape index (κ2) is 10.6. The molecule has 0 radical (unpaired) electrons. The minimum atomic E-state index is -3.27. The molecule has 4 heterocycles. The fraction of sp³-hybridized carbons (Fsp3) is 0.360. The van der Waals surface area contributed by atoms with Gasteiger partial charge >= 0.3 is 0 Å². The molecule has 13 heteroatoms. The van der Waals surface area contributed by atoms with E-state index < -0.39 is 15.3 Å². The number of piperidine rings is 1. The first kappa shape index (κ1) is 26.5. The van der Waals surface area contributed by atoms with Gasteiger partial charge in [-0.25, -0.2) is 17.7 Å². The lowest BCUT2D eigenvalue weighted by molar-refractivity contribution is 0.276. The average Bonchev–Trinajstić information content (AvgIpc) is 3.50. The zero-order valence-corrected chi connectivity index (χ0v) is 23.6. The Balaban J connectivity index is 1.51. The lowest BCUT2D eigenvalue weighted by Gasteiger charge is -2.33. The fourth-order valence-electron chi connectivity index (χ4n) is 4.79. The molecule has 1 aliphatic heterocycles. The van der Waals surface area contributed by atoms with E-state index in [2.05, 4.69) is 44.5 Å². The first-order valence-corrected chi connectivity index (χ1v) is 15.1. The fourth-order valence-corrected chi connectivity index (χ4v) is 6.73. The number of pyridine rings is 1. The van der Waals surface area contributed by atoms with Crippen molar-refractivity contribution in [1.29, 1.82) is 0 Å². The number of aromatic nitrogens is 4. The number of thiocarbonyl (C=S) groups is 1. The predicted molar refractivity (Wildman–Crippen MR) is 157 cm³/mol. The number of sulfonamides is 1. The highest BCUT2D eigenvalue weighted by atomic mass is 32.2. The van der Waals surface area contributed by atoms with Crippen LogP contribution < -0.4 is 16.8 Å². The molecule has 1 aliphatic rings. The molecule has 0 bridgehead atoms. The van der Waals surface area contributed by atoms with Crippen LogP contribution in [-0.4, -0.2) is 55.8 Å². The molecule has 0 saturated carbocycles. The van der Waals surface area contributed by atoms with E-state index in [4.69, 9.17) is 28.7 Å². The lowest BCUT2D eigenvalue weighted by atomic mass is 10.1. The molecule has 0 amide bonds. The second-order valence-electron chi connectivity index (χ2n) is 9.60. The van der Waals surface area contributed by atoms with Gasteiger partial charge in [-0.05, 0) is 50.5 Å². The summed E-state index contributed by atoms with van der Waals surface area (Å²) < 4.78 is 29.3. The molecule has 4 aromatic rings. The normalized spacial score (nSPS) is 15.3. The summed E-state index contributed by atoms with van der Waals surface area (Å²) >= 11 is 6.46. The number of hydrogen-bond donors (Lipinski definition) is 3. The Morgan fingerprint density at radius 2 is 1.97 bits per heavy atom. The molecule has 3 aromatic heterocycles. The van der Waals surface area contributed by atoms with E-state index in [0.717, 1.165) is 40.6 Å². The van der Waals surface area contributed by atoms with Crippen LogP contribution in [0, 0.1) is 0 Å². The zero-order valence-electron chi connectivity index (χ0n) is 21.2. The van der Waals surface area contributed by atoms with Crippen LogP contribution in [0.25, 0.3) is 22.2 Å². The van der Waals surface area contributed by atoms with Crippen molar-refractivity contribution in [3.8, 4) is 11.3 Å². The van der Waals surface area contributed by atoms with Crippen molar-refractivity contribution < 1.29 is 8.42 Å². The monoisotopic (exact) mass is 570 g/mol. The van der Waals surface area contributed by atoms with Crippen LogP contribution in [-0.2, 0) is 16.6 Å². The Kier molecular flexibility index (Phi) is 7.36. The maximum atomic E-state index is 12.7. The van der Waals surface area contributed by atoms with Crippen molar-refractivity contribution in [2.45, 2.75) is 44.5 Å². The van der Waals surface area contributed by atoms with Gasteiger partial charge in [-0.1, -0.05) is 41.8 Å². The Morgan fingerprint density at radius 1 is 1.21 bits per heavy atom. The molecule has 10 nitrogen and oxygen atoms in total. The van der Waals surface area contributed by atoms with Gasteiger partial charge < -0.3 is 21.4 Å².